The lowest BCUT2D eigenvalue weighted by Crippen LogP contribution is -2.58. The minimum Gasteiger partial charge on any atom is -0.444 e. The van der Waals surface area contributed by atoms with Crippen molar-refractivity contribution in [2.75, 3.05) is 13.1 Å². The summed E-state index contributed by atoms with van der Waals surface area (Å²) in [5.41, 5.74) is -1.07. The van der Waals surface area contributed by atoms with Gasteiger partial charge in [-0.1, -0.05) is 0 Å². The number of nitriles is 1. The van der Waals surface area contributed by atoms with Crippen molar-refractivity contribution in [3.63, 3.8) is 0 Å². The molecule has 0 aromatic carbocycles. The Kier molecular flexibility index (Phi) is 3.14. The molecule has 0 aromatic heterocycles. The summed E-state index contributed by atoms with van der Waals surface area (Å²) >= 11 is 0. The Morgan fingerprint density at radius 2 is 2.12 bits per heavy atom. The number of terminal acetylenes is 1. The van der Waals surface area contributed by atoms with Crippen molar-refractivity contribution in [3.05, 3.63) is 0 Å². The van der Waals surface area contributed by atoms with Gasteiger partial charge in [-0.25, -0.2) is 4.79 Å². The second-order valence-electron chi connectivity index (χ2n) is 5.11. The van der Waals surface area contributed by atoms with Gasteiger partial charge >= 0.3 is 6.09 Å². The van der Waals surface area contributed by atoms with Crippen molar-refractivity contribution in [2.24, 2.45) is 5.41 Å². The fraction of sp³-hybridized carbons (Fsp3) is 0.667. The summed E-state index contributed by atoms with van der Waals surface area (Å²) in [5.74, 6) is 2.47. The molecule has 86 valence electrons. The molecule has 0 unspecified atom stereocenters. The third-order valence-corrected chi connectivity index (χ3v) is 2.32. The minimum atomic E-state index is -0.564. The van der Waals surface area contributed by atoms with Crippen LogP contribution in [-0.2, 0) is 4.74 Å². The van der Waals surface area contributed by atoms with Gasteiger partial charge in [0.05, 0.1) is 6.07 Å². The maximum atomic E-state index is 11.6. The molecule has 1 rings (SSSR count). The molecule has 1 fully saturated rings. The van der Waals surface area contributed by atoms with Crippen LogP contribution in [0.4, 0.5) is 4.79 Å². The lowest BCUT2D eigenvalue weighted by molar-refractivity contribution is -0.0150. The summed E-state index contributed by atoms with van der Waals surface area (Å²) in [7, 11) is 0. The lowest BCUT2D eigenvalue weighted by atomic mass is 9.79. The maximum Gasteiger partial charge on any atom is 0.410 e. The van der Waals surface area contributed by atoms with Gasteiger partial charge in [-0.2, -0.15) is 5.26 Å². The molecule has 0 aromatic rings. The summed E-state index contributed by atoms with van der Waals surface area (Å²) in [6.45, 7) is 6.15. The topological polar surface area (TPSA) is 53.3 Å². The molecule has 1 saturated heterocycles. The van der Waals surface area contributed by atoms with E-state index in [9.17, 15) is 4.79 Å². The molecule has 0 saturated carbocycles. The van der Waals surface area contributed by atoms with Crippen molar-refractivity contribution in [2.45, 2.75) is 32.8 Å². The Labute approximate surface area is 96.2 Å². The van der Waals surface area contributed by atoms with Crippen molar-refractivity contribution < 1.29 is 9.53 Å². The van der Waals surface area contributed by atoms with Gasteiger partial charge < -0.3 is 9.64 Å². The van der Waals surface area contributed by atoms with E-state index in [0.717, 1.165) is 0 Å². The number of rotatable bonds is 1. The Bertz CT molecular complexity index is 362. The first-order chi connectivity index (χ1) is 7.32. The number of ether oxygens (including phenoxy) is 1. The van der Waals surface area contributed by atoms with E-state index in [1.165, 1.54) is 4.90 Å². The number of carbonyl (C=O) groups excluding carboxylic acids is 1. The van der Waals surface area contributed by atoms with E-state index in [1.807, 2.05) is 20.8 Å². The quantitative estimate of drug-likeness (QED) is 0.633. The Hall–Kier alpha value is -1.68. The lowest BCUT2D eigenvalue weighted by Gasteiger charge is -2.44. The number of hydrogen-bond acceptors (Lipinski definition) is 3. The first-order valence-electron chi connectivity index (χ1n) is 5.14. The van der Waals surface area contributed by atoms with Crippen LogP contribution in [0.2, 0.25) is 0 Å². The summed E-state index contributed by atoms with van der Waals surface area (Å²) in [6.07, 6.45) is 5.19. The number of amides is 1. The van der Waals surface area contributed by atoms with E-state index in [0.29, 0.717) is 19.5 Å². The van der Waals surface area contributed by atoms with Crippen molar-refractivity contribution >= 4 is 6.09 Å². The molecule has 16 heavy (non-hydrogen) atoms. The molecule has 0 N–H and O–H groups in total. The number of hydrogen-bond donors (Lipinski definition) is 0. The number of nitrogens with zero attached hydrogens (tertiary/aromatic N) is 2. The molecule has 0 atom stereocenters. The van der Waals surface area contributed by atoms with Crippen LogP contribution < -0.4 is 0 Å². The molecular weight excluding hydrogens is 204 g/mol. The third-order valence-electron chi connectivity index (χ3n) is 2.32. The zero-order chi connectivity index (χ0) is 12.4. The second-order valence-corrected chi connectivity index (χ2v) is 5.11. The third kappa shape index (κ3) is 2.67. The molecule has 1 heterocycles. The smallest absolute Gasteiger partial charge is 0.410 e. The second kappa shape index (κ2) is 4.06. The summed E-state index contributed by atoms with van der Waals surface area (Å²) in [6, 6.07) is 2.17. The monoisotopic (exact) mass is 220 g/mol. The molecule has 1 aliphatic heterocycles. The summed E-state index contributed by atoms with van der Waals surface area (Å²) < 4.78 is 5.18. The van der Waals surface area contributed by atoms with Gasteiger partial charge in [-0.15, -0.1) is 12.3 Å². The number of likely N-dealkylation sites (tertiary alicyclic amines) is 1. The van der Waals surface area contributed by atoms with Gasteiger partial charge in [-0.3, -0.25) is 0 Å². The van der Waals surface area contributed by atoms with E-state index in [1.54, 1.807) is 0 Å². The van der Waals surface area contributed by atoms with Crippen LogP contribution in [0.5, 0.6) is 0 Å². The molecule has 0 bridgehead atoms. The summed E-state index contributed by atoms with van der Waals surface area (Å²) in [5, 5.41) is 8.98. The summed E-state index contributed by atoms with van der Waals surface area (Å²) in [4.78, 5) is 13.1. The molecule has 0 aliphatic carbocycles. The van der Waals surface area contributed by atoms with Gasteiger partial charge in [0.1, 0.15) is 11.0 Å². The van der Waals surface area contributed by atoms with E-state index in [-0.39, 0.29) is 6.09 Å². The first kappa shape index (κ1) is 12.4. The predicted molar refractivity (Wildman–Crippen MR) is 59.3 cm³/mol. The van der Waals surface area contributed by atoms with E-state index < -0.39 is 11.0 Å². The van der Waals surface area contributed by atoms with Gasteiger partial charge in [0.2, 0.25) is 0 Å². The Morgan fingerprint density at radius 3 is 2.50 bits per heavy atom. The van der Waals surface area contributed by atoms with Crippen LogP contribution in [0.15, 0.2) is 0 Å². The molecule has 1 aliphatic rings. The fourth-order valence-corrected chi connectivity index (χ4v) is 1.56. The Balaban J connectivity index is 2.50. The van der Waals surface area contributed by atoms with Gasteiger partial charge in [0.25, 0.3) is 0 Å². The highest BCUT2D eigenvalue weighted by Gasteiger charge is 2.46. The highest BCUT2D eigenvalue weighted by molar-refractivity contribution is 5.69. The van der Waals surface area contributed by atoms with Gasteiger partial charge in [0, 0.05) is 19.5 Å². The molecule has 0 radical (unpaired) electrons. The van der Waals surface area contributed by atoms with Crippen molar-refractivity contribution in [3.8, 4) is 18.4 Å². The zero-order valence-corrected chi connectivity index (χ0v) is 9.91. The molecular formula is C12H16N2O2. The van der Waals surface area contributed by atoms with Crippen LogP contribution in [0, 0.1) is 29.1 Å². The predicted octanol–water partition coefficient (Wildman–Crippen LogP) is 1.77. The average Bonchev–Trinajstić information content (AvgIpc) is 2.07. The van der Waals surface area contributed by atoms with Crippen molar-refractivity contribution in [1.29, 1.82) is 5.26 Å². The van der Waals surface area contributed by atoms with E-state index in [2.05, 4.69) is 12.0 Å². The Morgan fingerprint density at radius 1 is 1.56 bits per heavy atom. The molecule has 4 heteroatoms. The zero-order valence-electron chi connectivity index (χ0n) is 9.91. The normalized spacial score (nSPS) is 17.9. The van der Waals surface area contributed by atoms with Gasteiger partial charge in [-0.05, 0) is 20.8 Å². The number of carbonyl (C=O) groups is 1. The van der Waals surface area contributed by atoms with Crippen LogP contribution in [0.3, 0.4) is 0 Å². The average molecular weight is 220 g/mol. The maximum absolute atomic E-state index is 11.6. The highest BCUT2D eigenvalue weighted by atomic mass is 16.6. The largest absolute Gasteiger partial charge is 0.444 e. The molecule has 0 spiro atoms. The van der Waals surface area contributed by atoms with E-state index in [4.69, 9.17) is 16.4 Å². The van der Waals surface area contributed by atoms with Crippen LogP contribution in [0.1, 0.15) is 27.2 Å². The van der Waals surface area contributed by atoms with Crippen LogP contribution >= 0.6 is 0 Å². The minimum absolute atomic E-state index is 0.364. The van der Waals surface area contributed by atoms with Gasteiger partial charge in [0.15, 0.2) is 0 Å². The highest BCUT2D eigenvalue weighted by Crippen LogP contribution is 2.33. The molecule has 4 nitrogen and oxygen atoms in total. The van der Waals surface area contributed by atoms with Crippen molar-refractivity contribution in [1.82, 2.24) is 4.90 Å². The van der Waals surface area contributed by atoms with Crippen LogP contribution in [0.25, 0.3) is 0 Å². The standard InChI is InChI=1S/C12H16N2O2/c1-5-6-12(7-13)8-14(9-12)10(15)16-11(2,3)4/h1H,6,8-9H2,2-4H3. The van der Waals surface area contributed by atoms with E-state index >= 15 is 0 Å². The van der Waals surface area contributed by atoms with Crippen LogP contribution in [-0.4, -0.2) is 29.7 Å². The first-order valence-corrected chi connectivity index (χ1v) is 5.14. The fourth-order valence-electron chi connectivity index (χ4n) is 1.56. The molecule has 1 amide bonds. The SMILES string of the molecule is C#CCC1(C#N)CN(C(=O)OC(C)(C)C)C1.